The fraction of sp³-hybridized carbons (Fsp3) is 0.511. The number of nitrogens with one attached hydrogen (secondary N) is 3. The highest BCUT2D eigenvalue weighted by Gasteiger charge is 2.49. The molecule has 0 radical (unpaired) electrons. The van der Waals surface area contributed by atoms with Gasteiger partial charge in [0, 0.05) is 102 Å². The average Bonchev–Trinajstić information content (AvgIpc) is 4.08. The third-order valence-corrected chi connectivity index (χ3v) is 13.7. The van der Waals surface area contributed by atoms with E-state index < -0.39 is 48.1 Å². The molecular weight excluding hydrogens is 864 g/mol. The number of amides is 6. The summed E-state index contributed by atoms with van der Waals surface area (Å²) in [7, 11) is 2.60. The van der Waals surface area contributed by atoms with Crippen molar-refractivity contribution in [2.24, 2.45) is 0 Å². The van der Waals surface area contributed by atoms with E-state index in [-0.39, 0.29) is 71.2 Å². The third-order valence-electron chi connectivity index (χ3n) is 13.7. The lowest BCUT2D eigenvalue weighted by molar-refractivity contribution is -0.140. The van der Waals surface area contributed by atoms with Crippen LogP contribution >= 0.6 is 0 Å². The first-order valence-electron chi connectivity index (χ1n) is 22.4. The van der Waals surface area contributed by atoms with Gasteiger partial charge >= 0.3 is 5.92 Å². The predicted octanol–water partition coefficient (Wildman–Crippen LogP) is 3.03. The van der Waals surface area contributed by atoms with Gasteiger partial charge in [0.2, 0.25) is 23.7 Å². The molecule has 0 bridgehead atoms. The summed E-state index contributed by atoms with van der Waals surface area (Å²) < 4.78 is 51.3. The Bertz CT molecular complexity index is 2460. The maximum Gasteiger partial charge on any atom is 0.342 e. The number of halogens is 3. The van der Waals surface area contributed by atoms with Crippen LogP contribution in [-0.2, 0) is 25.7 Å². The van der Waals surface area contributed by atoms with Gasteiger partial charge in [-0.25, -0.2) is 9.37 Å². The molecule has 3 saturated heterocycles. The van der Waals surface area contributed by atoms with Crippen molar-refractivity contribution in [2.45, 2.75) is 82.0 Å². The van der Waals surface area contributed by atoms with Crippen LogP contribution in [0.5, 0.6) is 5.75 Å². The van der Waals surface area contributed by atoms with Crippen LogP contribution in [-0.4, -0.2) is 151 Å². The maximum absolute atomic E-state index is 15.7. The van der Waals surface area contributed by atoms with Crippen molar-refractivity contribution in [3.8, 4) is 5.75 Å². The molecule has 0 spiro atoms. The number of anilines is 5. The molecule has 1 aromatic heterocycles. The van der Waals surface area contributed by atoms with Gasteiger partial charge in [-0.15, -0.1) is 0 Å². The monoisotopic (exact) mass is 915 g/mol. The van der Waals surface area contributed by atoms with E-state index in [0.717, 1.165) is 61.2 Å². The Morgan fingerprint density at radius 3 is 2.48 bits per heavy atom. The van der Waals surface area contributed by atoms with Crippen molar-refractivity contribution in [3.05, 3.63) is 59.0 Å². The Morgan fingerprint density at radius 1 is 0.970 bits per heavy atom. The Morgan fingerprint density at radius 2 is 1.74 bits per heavy atom. The molecule has 18 nitrogen and oxygen atoms in total. The first-order valence-corrected chi connectivity index (χ1v) is 22.4. The van der Waals surface area contributed by atoms with E-state index >= 15 is 13.2 Å². The lowest BCUT2D eigenvalue weighted by atomic mass is 10.0. The molecule has 6 amide bonds. The number of imide groups is 1. The molecular formula is C45H52F3N11O7. The Balaban J connectivity index is 0.759. The van der Waals surface area contributed by atoms with Crippen molar-refractivity contribution >= 4 is 64.3 Å². The van der Waals surface area contributed by atoms with E-state index in [1.54, 1.807) is 15.9 Å². The lowest BCUT2D eigenvalue weighted by Crippen LogP contribution is -2.52. The number of methoxy groups -OCH3 is 1. The molecule has 2 aromatic carbocycles. The van der Waals surface area contributed by atoms with E-state index in [1.807, 2.05) is 12.1 Å². The Kier molecular flexibility index (Phi) is 12.2. The van der Waals surface area contributed by atoms with E-state index in [9.17, 15) is 28.8 Å². The van der Waals surface area contributed by atoms with Gasteiger partial charge in [0.25, 0.3) is 17.7 Å². The quantitative estimate of drug-likeness (QED) is 0.238. The van der Waals surface area contributed by atoms with E-state index in [1.165, 1.54) is 31.3 Å². The normalized spacial score (nSPS) is 22.3. The molecule has 6 aliphatic rings. The van der Waals surface area contributed by atoms with Crippen LogP contribution in [0.15, 0.2) is 36.5 Å². The summed E-state index contributed by atoms with van der Waals surface area (Å²) in [4.78, 5) is 95.4. The number of ether oxygens (including phenoxy) is 1. The number of fused-ring (bicyclic) bond motifs is 2. The van der Waals surface area contributed by atoms with Gasteiger partial charge in [-0.2, -0.15) is 13.8 Å². The van der Waals surface area contributed by atoms with Crippen LogP contribution in [0.25, 0.3) is 0 Å². The number of nitrogens with zero attached hydrogens (tertiary/aromatic N) is 8. The molecule has 1 unspecified atom stereocenters. The van der Waals surface area contributed by atoms with E-state index in [2.05, 4.69) is 35.7 Å². The highest BCUT2D eigenvalue weighted by atomic mass is 19.3. The molecule has 2 atom stereocenters. The number of likely N-dealkylation sites (tertiary alicyclic amines) is 1. The van der Waals surface area contributed by atoms with Crippen LogP contribution in [0.2, 0.25) is 0 Å². The minimum Gasteiger partial charge on any atom is -0.495 e. The Hall–Kier alpha value is -6.51. The number of rotatable bonds is 11. The van der Waals surface area contributed by atoms with Crippen molar-refractivity contribution < 1.29 is 46.7 Å². The number of carbonyl (C=O) groups is 6. The summed E-state index contributed by atoms with van der Waals surface area (Å²) in [5.41, 5.74) is 2.32. The Labute approximate surface area is 378 Å². The van der Waals surface area contributed by atoms with Gasteiger partial charge < -0.3 is 39.9 Å². The maximum atomic E-state index is 15.7. The molecule has 4 fully saturated rings. The molecule has 66 heavy (non-hydrogen) atoms. The average molecular weight is 916 g/mol. The molecule has 3 N–H and O–H groups in total. The highest BCUT2D eigenvalue weighted by molar-refractivity contribution is 6.06. The van der Waals surface area contributed by atoms with Gasteiger partial charge in [-0.05, 0) is 55.5 Å². The zero-order valence-electron chi connectivity index (χ0n) is 36.8. The van der Waals surface area contributed by atoms with Gasteiger partial charge in [0.1, 0.15) is 23.3 Å². The lowest BCUT2D eigenvalue weighted by Gasteiger charge is -2.36. The van der Waals surface area contributed by atoms with Crippen LogP contribution in [0, 0.1) is 5.82 Å². The third kappa shape index (κ3) is 8.79. The van der Waals surface area contributed by atoms with Crippen LogP contribution in [0.3, 0.4) is 0 Å². The first kappa shape index (κ1) is 44.7. The number of hydrogen-bond acceptors (Lipinski definition) is 13. The van der Waals surface area contributed by atoms with E-state index in [0.29, 0.717) is 57.3 Å². The minimum atomic E-state index is -3.65. The standard InChI is InChI=1S/C45H52F3N11O7/c1-54-35-22-49-44(53-39(35)59(28-5-3-4-6-28)25-45(47,48)43(54)65)51-33-21-32(46)31(20-36(33)66-2)40(62)50-27-11-14-57(24-27)38(61)12-13-55-15-17-56(18-16-55)29-7-8-30-26(19-29)23-58(42(30)64)34-9-10-37(60)52-41(34)63/h7-8,19-22,27-28,34H,3-6,9-18,23-25H2,1-2H3,(H,50,62)(H,49,51,53)(H,52,60,63)/t27-,34?/m0/s1. The number of benzene rings is 2. The van der Waals surface area contributed by atoms with Crippen molar-refractivity contribution in [1.82, 2.24) is 35.3 Å². The summed E-state index contributed by atoms with van der Waals surface area (Å²) in [6, 6.07) is 6.71. The molecule has 1 saturated carbocycles. The number of carbonyl (C=O) groups excluding carboxylic acids is 6. The zero-order chi connectivity index (χ0) is 46.4. The van der Waals surface area contributed by atoms with Crippen LogP contribution in [0.1, 0.15) is 77.6 Å². The van der Waals surface area contributed by atoms with Crippen molar-refractivity contribution in [1.29, 1.82) is 0 Å². The number of hydrogen-bond donors (Lipinski definition) is 3. The summed E-state index contributed by atoms with van der Waals surface area (Å²) in [5, 5.41) is 8.09. The van der Waals surface area contributed by atoms with Crippen molar-refractivity contribution in [2.75, 3.05) is 86.5 Å². The number of alkyl halides is 2. The topological polar surface area (TPSA) is 193 Å². The molecule has 350 valence electrons. The smallest absolute Gasteiger partial charge is 0.342 e. The van der Waals surface area contributed by atoms with Gasteiger partial charge in [-0.1, -0.05) is 12.8 Å². The molecule has 3 aromatic rings. The zero-order valence-corrected chi connectivity index (χ0v) is 36.8. The molecule has 1 aliphatic carbocycles. The minimum absolute atomic E-state index is 0.0420. The summed E-state index contributed by atoms with van der Waals surface area (Å²) in [6.45, 7) is 3.66. The summed E-state index contributed by atoms with van der Waals surface area (Å²) in [6.07, 6.45) is 5.63. The molecule has 21 heteroatoms. The second-order valence-corrected chi connectivity index (χ2v) is 17.8. The summed E-state index contributed by atoms with van der Waals surface area (Å²) >= 11 is 0. The van der Waals surface area contributed by atoms with Gasteiger partial charge in [0.15, 0.2) is 5.82 Å². The highest BCUT2D eigenvalue weighted by Crippen LogP contribution is 2.40. The first-order chi connectivity index (χ1) is 31.7. The fourth-order valence-electron chi connectivity index (χ4n) is 9.99. The number of piperazine rings is 1. The molecule has 9 rings (SSSR count). The fourth-order valence-corrected chi connectivity index (χ4v) is 9.99. The number of aromatic nitrogens is 2. The van der Waals surface area contributed by atoms with Crippen LogP contribution in [0.4, 0.5) is 42.0 Å². The van der Waals surface area contributed by atoms with Gasteiger partial charge in [0.05, 0.1) is 31.1 Å². The second kappa shape index (κ2) is 18.0. The van der Waals surface area contributed by atoms with Crippen LogP contribution < -0.4 is 35.4 Å². The molecule has 6 heterocycles. The SMILES string of the molecule is COc1cc(C(=O)N[C@H]2CCN(C(=O)CCN3CCN(c4ccc5c(c4)CN(C4CCC(=O)NC4=O)C5=O)CC3)C2)c(F)cc1Nc1ncc2c(n1)N(C1CCCC1)CC(F)(F)C(=O)N2C. The second-order valence-electron chi connectivity index (χ2n) is 17.8. The van der Waals surface area contributed by atoms with Gasteiger partial charge in [-0.3, -0.25) is 39.0 Å². The summed E-state index contributed by atoms with van der Waals surface area (Å²) in [5.74, 6) is -7.36. The van der Waals surface area contributed by atoms with Crippen molar-refractivity contribution in [3.63, 3.8) is 0 Å². The largest absolute Gasteiger partial charge is 0.495 e. The number of piperidine rings is 1. The van der Waals surface area contributed by atoms with E-state index in [4.69, 9.17) is 4.74 Å². The predicted molar refractivity (Wildman–Crippen MR) is 234 cm³/mol. The molecule has 5 aliphatic heterocycles.